The summed E-state index contributed by atoms with van der Waals surface area (Å²) in [6.45, 7) is 6.08. The summed E-state index contributed by atoms with van der Waals surface area (Å²) < 4.78 is 5.92. The molecule has 0 aliphatic heterocycles. The van der Waals surface area contributed by atoms with Crippen LogP contribution < -0.4 is 10.5 Å². The Bertz CT molecular complexity index is 651. The Labute approximate surface area is 125 Å². The highest BCUT2D eigenvalue weighted by Crippen LogP contribution is 2.38. The number of rotatable bonds is 1. The van der Waals surface area contributed by atoms with Gasteiger partial charge in [-0.25, -0.2) is 9.97 Å². The molecule has 2 aromatic rings. The molecule has 0 fully saturated rings. The zero-order valence-corrected chi connectivity index (χ0v) is 13.4. The Hall–Kier alpha value is -1.31. The molecule has 0 saturated heterocycles. The molecule has 1 aromatic heterocycles. The van der Waals surface area contributed by atoms with E-state index >= 15 is 0 Å². The molecule has 0 unspecified atom stereocenters. The Morgan fingerprint density at radius 1 is 1.32 bits per heavy atom. The molecule has 0 bridgehead atoms. The topological polar surface area (TPSA) is 81.3 Å². The lowest BCUT2D eigenvalue weighted by atomic mass is 9.95. The number of benzene rings is 1. The van der Waals surface area contributed by atoms with Gasteiger partial charge in [-0.3, -0.25) is 0 Å². The first kappa shape index (κ1) is 14.1. The number of halogens is 1. The molecule has 0 radical (unpaired) electrons. The van der Waals surface area contributed by atoms with Gasteiger partial charge in [-0.05, 0) is 28.7 Å². The van der Waals surface area contributed by atoms with Crippen molar-refractivity contribution in [3.05, 3.63) is 15.5 Å². The standard InChI is InChI=1S/C13H16IN3O2/c1-13(2,3)12-16-9-6(11(15)17-12)5-7(18)10(19-4)8(9)14/h5,18H,1-4H3,(H2,15,16,17). The van der Waals surface area contributed by atoms with Crippen LogP contribution in [-0.4, -0.2) is 22.2 Å². The number of hydrogen-bond donors (Lipinski definition) is 2. The molecule has 0 saturated carbocycles. The van der Waals surface area contributed by atoms with E-state index in [0.717, 1.165) is 3.57 Å². The first-order valence-electron chi connectivity index (χ1n) is 5.79. The molecule has 0 amide bonds. The molecular weight excluding hydrogens is 357 g/mol. The molecule has 2 rings (SSSR count). The van der Waals surface area contributed by atoms with Crippen LogP contribution in [-0.2, 0) is 5.41 Å². The van der Waals surface area contributed by atoms with Crippen LogP contribution >= 0.6 is 22.6 Å². The van der Waals surface area contributed by atoms with Gasteiger partial charge in [-0.1, -0.05) is 20.8 Å². The number of phenols is 1. The normalized spacial score (nSPS) is 11.8. The van der Waals surface area contributed by atoms with Gasteiger partial charge < -0.3 is 15.6 Å². The van der Waals surface area contributed by atoms with Crippen molar-refractivity contribution in [3.63, 3.8) is 0 Å². The second-order valence-corrected chi connectivity index (χ2v) is 6.40. The second kappa shape index (κ2) is 4.66. The summed E-state index contributed by atoms with van der Waals surface area (Å²) in [5.41, 5.74) is 6.48. The van der Waals surface area contributed by atoms with E-state index in [2.05, 4.69) is 32.6 Å². The Morgan fingerprint density at radius 2 is 1.95 bits per heavy atom. The van der Waals surface area contributed by atoms with Gasteiger partial charge in [-0.2, -0.15) is 0 Å². The maximum absolute atomic E-state index is 9.90. The number of nitrogen functional groups attached to an aromatic ring is 1. The van der Waals surface area contributed by atoms with Crippen LogP contribution in [0.15, 0.2) is 6.07 Å². The Kier molecular flexibility index (Phi) is 3.46. The largest absolute Gasteiger partial charge is 0.504 e. The van der Waals surface area contributed by atoms with Crippen molar-refractivity contribution in [2.45, 2.75) is 26.2 Å². The van der Waals surface area contributed by atoms with Crippen molar-refractivity contribution in [2.24, 2.45) is 0 Å². The Balaban J connectivity index is 2.87. The zero-order chi connectivity index (χ0) is 14.4. The first-order chi connectivity index (χ1) is 8.75. The van der Waals surface area contributed by atoms with E-state index in [1.165, 1.54) is 13.2 Å². The second-order valence-electron chi connectivity index (χ2n) is 5.32. The number of anilines is 1. The summed E-state index contributed by atoms with van der Waals surface area (Å²) in [4.78, 5) is 8.89. The lowest BCUT2D eigenvalue weighted by Crippen LogP contribution is -2.17. The number of nitrogens with zero attached hydrogens (tertiary/aromatic N) is 2. The minimum atomic E-state index is -0.198. The van der Waals surface area contributed by atoms with E-state index in [4.69, 9.17) is 10.5 Å². The molecule has 0 atom stereocenters. The fraction of sp³-hybridized carbons (Fsp3) is 0.385. The monoisotopic (exact) mass is 373 g/mol. The van der Waals surface area contributed by atoms with Gasteiger partial charge in [0.25, 0.3) is 0 Å². The highest BCUT2D eigenvalue weighted by Gasteiger charge is 2.22. The van der Waals surface area contributed by atoms with E-state index in [0.29, 0.717) is 28.3 Å². The van der Waals surface area contributed by atoms with Gasteiger partial charge in [0.15, 0.2) is 11.5 Å². The first-order valence-corrected chi connectivity index (χ1v) is 6.86. The third kappa shape index (κ3) is 2.41. The van der Waals surface area contributed by atoms with Crippen molar-refractivity contribution >= 4 is 39.3 Å². The van der Waals surface area contributed by atoms with Crippen molar-refractivity contribution in [2.75, 3.05) is 12.8 Å². The number of nitrogens with two attached hydrogens (primary N) is 1. The van der Waals surface area contributed by atoms with Crippen molar-refractivity contribution in [3.8, 4) is 11.5 Å². The van der Waals surface area contributed by atoms with Gasteiger partial charge in [-0.15, -0.1) is 0 Å². The summed E-state index contributed by atoms with van der Waals surface area (Å²) in [5.74, 6) is 1.48. The summed E-state index contributed by atoms with van der Waals surface area (Å²) in [5, 5.41) is 10.5. The number of fused-ring (bicyclic) bond motifs is 1. The number of phenolic OH excluding ortho intramolecular Hbond substituents is 1. The minimum Gasteiger partial charge on any atom is -0.504 e. The molecule has 1 heterocycles. The average molecular weight is 373 g/mol. The third-order valence-electron chi connectivity index (χ3n) is 2.77. The molecule has 0 aliphatic carbocycles. The fourth-order valence-electron chi connectivity index (χ4n) is 1.75. The highest BCUT2D eigenvalue weighted by molar-refractivity contribution is 14.1. The third-order valence-corrected chi connectivity index (χ3v) is 3.77. The average Bonchev–Trinajstić information content (AvgIpc) is 2.29. The SMILES string of the molecule is COc1c(O)cc2c(N)nc(C(C)(C)C)nc2c1I. The predicted octanol–water partition coefficient (Wildman–Crippen LogP) is 2.83. The number of aromatic nitrogens is 2. The van der Waals surface area contributed by atoms with Crippen LogP contribution in [0.3, 0.4) is 0 Å². The van der Waals surface area contributed by atoms with Crippen LogP contribution in [0.4, 0.5) is 5.82 Å². The minimum absolute atomic E-state index is 0.0400. The van der Waals surface area contributed by atoms with Crippen molar-refractivity contribution in [1.82, 2.24) is 9.97 Å². The maximum Gasteiger partial charge on any atom is 0.176 e. The van der Waals surface area contributed by atoms with Gasteiger partial charge in [0.05, 0.1) is 16.2 Å². The molecule has 3 N–H and O–H groups in total. The molecule has 0 spiro atoms. The molecule has 0 aliphatic rings. The maximum atomic E-state index is 9.90. The smallest absolute Gasteiger partial charge is 0.176 e. The molecular formula is C13H16IN3O2. The quantitative estimate of drug-likeness (QED) is 0.752. The van der Waals surface area contributed by atoms with Crippen molar-refractivity contribution < 1.29 is 9.84 Å². The molecule has 19 heavy (non-hydrogen) atoms. The number of methoxy groups -OCH3 is 1. The number of ether oxygens (including phenoxy) is 1. The molecule has 102 valence electrons. The van der Waals surface area contributed by atoms with E-state index in [9.17, 15) is 5.11 Å². The van der Waals surface area contributed by atoms with Crippen LogP contribution in [0, 0.1) is 3.57 Å². The summed E-state index contributed by atoms with van der Waals surface area (Å²) in [6, 6.07) is 1.54. The van der Waals surface area contributed by atoms with E-state index in [1.54, 1.807) is 0 Å². The van der Waals surface area contributed by atoms with Gasteiger partial charge in [0.2, 0.25) is 0 Å². The van der Waals surface area contributed by atoms with Crippen LogP contribution in [0.1, 0.15) is 26.6 Å². The Morgan fingerprint density at radius 3 is 2.47 bits per heavy atom. The lowest BCUT2D eigenvalue weighted by Gasteiger charge is -2.18. The molecule has 5 nitrogen and oxygen atoms in total. The van der Waals surface area contributed by atoms with E-state index < -0.39 is 0 Å². The molecule has 6 heteroatoms. The number of aromatic hydroxyl groups is 1. The highest BCUT2D eigenvalue weighted by atomic mass is 127. The van der Waals surface area contributed by atoms with Crippen LogP contribution in [0.2, 0.25) is 0 Å². The van der Waals surface area contributed by atoms with Gasteiger partial charge >= 0.3 is 0 Å². The van der Waals surface area contributed by atoms with E-state index in [-0.39, 0.29) is 11.2 Å². The van der Waals surface area contributed by atoms with Gasteiger partial charge in [0.1, 0.15) is 11.6 Å². The zero-order valence-electron chi connectivity index (χ0n) is 11.3. The van der Waals surface area contributed by atoms with Crippen LogP contribution in [0.5, 0.6) is 11.5 Å². The predicted molar refractivity (Wildman–Crippen MR) is 83.6 cm³/mol. The lowest BCUT2D eigenvalue weighted by molar-refractivity contribution is 0.372. The summed E-state index contributed by atoms with van der Waals surface area (Å²) >= 11 is 2.10. The summed E-state index contributed by atoms with van der Waals surface area (Å²) in [6.07, 6.45) is 0. The van der Waals surface area contributed by atoms with E-state index in [1.807, 2.05) is 20.8 Å². The van der Waals surface area contributed by atoms with Gasteiger partial charge in [0, 0.05) is 10.8 Å². The summed E-state index contributed by atoms with van der Waals surface area (Å²) in [7, 11) is 1.51. The van der Waals surface area contributed by atoms with Crippen LogP contribution in [0.25, 0.3) is 10.9 Å². The van der Waals surface area contributed by atoms with Crippen molar-refractivity contribution in [1.29, 1.82) is 0 Å². The molecule has 1 aromatic carbocycles. The fourth-order valence-corrected chi connectivity index (χ4v) is 2.66. The number of hydrogen-bond acceptors (Lipinski definition) is 5.